The minimum Gasteiger partial charge on any atom is -0.370 e. The number of hydrogen-bond donors (Lipinski definition) is 2. The zero-order chi connectivity index (χ0) is 14.7. The summed E-state index contributed by atoms with van der Waals surface area (Å²) in [5.74, 6) is -0.553. The molecule has 1 aromatic carbocycles. The molecule has 1 aliphatic carbocycles. The molecule has 0 spiro atoms. The Labute approximate surface area is 125 Å². The minimum absolute atomic E-state index is 0.319. The Balaban J connectivity index is 2.38. The first kappa shape index (κ1) is 13.7. The van der Waals surface area contributed by atoms with E-state index in [0.29, 0.717) is 33.6 Å². The Kier molecular flexibility index (Phi) is 2.98. The molecule has 0 aliphatic heterocycles. The van der Waals surface area contributed by atoms with Crippen LogP contribution in [0.2, 0.25) is 5.02 Å². The number of carbonyl (C=O) groups excluding carboxylic acids is 1. The quantitative estimate of drug-likeness (QED) is 0.685. The van der Waals surface area contributed by atoms with Crippen molar-refractivity contribution in [3.63, 3.8) is 0 Å². The third kappa shape index (κ3) is 1.67. The van der Waals surface area contributed by atoms with Gasteiger partial charge in [0.2, 0.25) is 5.91 Å². The third-order valence-corrected chi connectivity index (χ3v) is 4.43. The van der Waals surface area contributed by atoms with Crippen molar-refractivity contribution in [1.29, 1.82) is 0 Å². The number of nitrogens with one attached hydrogen (secondary N) is 1. The van der Waals surface area contributed by atoms with Crippen LogP contribution in [0.25, 0.3) is 10.9 Å². The predicted molar refractivity (Wildman–Crippen MR) is 83.6 cm³/mol. The maximum Gasteiger partial charge on any atom is 0.220 e. The normalized spacial score (nSPS) is 21.9. The Morgan fingerprint density at radius 1 is 1.40 bits per heavy atom. The third-order valence-electron chi connectivity index (χ3n) is 4.12. The maximum absolute atomic E-state index is 11.7. The first-order valence-electron chi connectivity index (χ1n) is 6.33. The summed E-state index contributed by atoms with van der Waals surface area (Å²) in [7, 11) is 18.0. The molecule has 1 atom stereocenters. The summed E-state index contributed by atoms with van der Waals surface area (Å²) < 4.78 is 0. The highest BCUT2D eigenvalue weighted by Crippen LogP contribution is 2.38. The SMILES string of the molecule is [B]c1c(Cl)cc2c3c([nH]c2c1[B])C([B])(C(N)=O)CCC3. The Bertz CT molecular complexity index is 743. The van der Waals surface area contributed by atoms with E-state index in [1.807, 2.05) is 0 Å². The fourth-order valence-electron chi connectivity index (χ4n) is 2.95. The molecule has 6 radical (unpaired) electrons. The number of H-pyrrole nitrogens is 1. The second kappa shape index (κ2) is 4.35. The predicted octanol–water partition coefficient (Wildman–Crippen LogP) is -0.406. The van der Waals surface area contributed by atoms with Crippen molar-refractivity contribution >= 4 is 62.9 Å². The maximum atomic E-state index is 11.7. The van der Waals surface area contributed by atoms with Gasteiger partial charge in [-0.15, -0.1) is 0 Å². The van der Waals surface area contributed by atoms with E-state index >= 15 is 0 Å². The van der Waals surface area contributed by atoms with Crippen molar-refractivity contribution < 1.29 is 4.79 Å². The standard InChI is InChI=1S/C13H10B3ClN2O/c14-8-7(17)4-6-5-2-1-3-13(16,12(18)20)11(5)19-10(6)9(8)15/h4,19H,1-3H2,(H2,18,20). The molecule has 7 heteroatoms. The molecule has 1 aromatic heterocycles. The number of aromatic nitrogens is 1. The van der Waals surface area contributed by atoms with Gasteiger partial charge in [-0.3, -0.25) is 4.79 Å². The first-order chi connectivity index (χ1) is 9.36. The number of aromatic amines is 1. The lowest BCUT2D eigenvalue weighted by Gasteiger charge is -2.31. The molecule has 1 amide bonds. The minimum atomic E-state index is -1.19. The fraction of sp³-hybridized carbons (Fsp3) is 0.308. The highest BCUT2D eigenvalue weighted by Gasteiger charge is 2.39. The van der Waals surface area contributed by atoms with Crippen molar-refractivity contribution in [2.45, 2.75) is 24.6 Å². The smallest absolute Gasteiger partial charge is 0.220 e. The lowest BCUT2D eigenvalue weighted by Crippen LogP contribution is -2.44. The number of amides is 1. The number of nitrogens with two attached hydrogens (primary N) is 1. The second-order valence-electron chi connectivity index (χ2n) is 5.28. The largest absolute Gasteiger partial charge is 0.370 e. The average molecular weight is 278 g/mol. The van der Waals surface area contributed by atoms with Crippen molar-refractivity contribution in [3.05, 3.63) is 22.3 Å². The van der Waals surface area contributed by atoms with Gasteiger partial charge in [0, 0.05) is 26.9 Å². The van der Waals surface area contributed by atoms with Gasteiger partial charge >= 0.3 is 0 Å². The van der Waals surface area contributed by atoms with Gasteiger partial charge in [-0.05, 0) is 30.9 Å². The van der Waals surface area contributed by atoms with E-state index in [-0.39, 0.29) is 0 Å². The molecule has 1 aliphatic rings. The molecule has 1 unspecified atom stereocenters. The van der Waals surface area contributed by atoms with E-state index in [2.05, 4.69) is 4.98 Å². The van der Waals surface area contributed by atoms with Crippen LogP contribution in [0.3, 0.4) is 0 Å². The summed E-state index contributed by atoms with van der Waals surface area (Å²) in [6.07, 6.45) is 2.08. The number of aryl methyl sites for hydroxylation is 1. The lowest BCUT2D eigenvalue weighted by molar-refractivity contribution is -0.121. The highest BCUT2D eigenvalue weighted by molar-refractivity contribution is 6.57. The number of carbonyl (C=O) groups is 1. The van der Waals surface area contributed by atoms with Gasteiger partial charge in [-0.1, -0.05) is 22.5 Å². The van der Waals surface area contributed by atoms with Gasteiger partial charge in [0.1, 0.15) is 15.7 Å². The molecule has 3 N–H and O–H groups in total. The van der Waals surface area contributed by atoms with E-state index in [1.54, 1.807) is 6.07 Å². The van der Waals surface area contributed by atoms with Crippen LogP contribution in [0.4, 0.5) is 0 Å². The molecule has 0 bridgehead atoms. The van der Waals surface area contributed by atoms with Crippen LogP contribution < -0.4 is 16.7 Å². The van der Waals surface area contributed by atoms with E-state index in [9.17, 15) is 4.79 Å². The highest BCUT2D eigenvalue weighted by atomic mass is 35.5. The van der Waals surface area contributed by atoms with Crippen LogP contribution >= 0.6 is 11.6 Å². The molecular formula is C13H10B3ClN2O. The number of halogens is 1. The van der Waals surface area contributed by atoms with E-state index in [1.165, 1.54) is 0 Å². The Morgan fingerprint density at radius 2 is 2.10 bits per heavy atom. The van der Waals surface area contributed by atoms with Gasteiger partial charge in [0.15, 0.2) is 0 Å². The summed E-state index contributed by atoms with van der Waals surface area (Å²) in [6.45, 7) is 0. The summed E-state index contributed by atoms with van der Waals surface area (Å²) in [5.41, 5.74) is 8.39. The first-order valence-corrected chi connectivity index (χ1v) is 6.71. The monoisotopic (exact) mass is 278 g/mol. The van der Waals surface area contributed by atoms with Gasteiger partial charge in [-0.25, -0.2) is 0 Å². The van der Waals surface area contributed by atoms with E-state index in [4.69, 9.17) is 40.9 Å². The molecule has 0 saturated carbocycles. The van der Waals surface area contributed by atoms with Crippen LogP contribution in [-0.4, -0.2) is 34.4 Å². The zero-order valence-corrected chi connectivity index (χ0v) is 11.6. The molecule has 94 valence electrons. The van der Waals surface area contributed by atoms with Crippen LogP contribution in [0.1, 0.15) is 24.1 Å². The molecule has 1 heterocycles. The number of benzene rings is 1. The van der Waals surface area contributed by atoms with Gasteiger partial charge < -0.3 is 10.7 Å². The fourth-order valence-corrected chi connectivity index (χ4v) is 3.16. The number of hydrogen-bond acceptors (Lipinski definition) is 1. The summed E-state index contributed by atoms with van der Waals surface area (Å²) in [6, 6.07) is 1.75. The van der Waals surface area contributed by atoms with Crippen LogP contribution in [0.5, 0.6) is 0 Å². The number of fused-ring (bicyclic) bond motifs is 3. The molecule has 3 nitrogen and oxygen atoms in total. The molecular weight excluding hydrogens is 268 g/mol. The van der Waals surface area contributed by atoms with Gasteiger partial charge in [-0.2, -0.15) is 0 Å². The summed E-state index contributed by atoms with van der Waals surface area (Å²) in [5, 5.41) is 0.0526. The summed E-state index contributed by atoms with van der Waals surface area (Å²) in [4.78, 5) is 14.9. The zero-order valence-electron chi connectivity index (χ0n) is 10.8. The second-order valence-corrected chi connectivity index (χ2v) is 5.68. The van der Waals surface area contributed by atoms with Crippen LogP contribution in [-0.2, 0) is 16.5 Å². The van der Waals surface area contributed by atoms with Crippen LogP contribution in [0.15, 0.2) is 6.07 Å². The number of primary amides is 1. The summed E-state index contributed by atoms with van der Waals surface area (Å²) >= 11 is 6.08. The van der Waals surface area contributed by atoms with Crippen molar-refractivity contribution in [2.75, 3.05) is 0 Å². The molecule has 20 heavy (non-hydrogen) atoms. The Hall–Kier alpha value is -1.29. The average Bonchev–Trinajstić information content (AvgIpc) is 2.77. The van der Waals surface area contributed by atoms with Crippen molar-refractivity contribution in [3.8, 4) is 0 Å². The lowest BCUT2D eigenvalue weighted by atomic mass is 9.59. The topological polar surface area (TPSA) is 58.9 Å². The molecule has 3 rings (SSSR count). The van der Waals surface area contributed by atoms with Crippen molar-refractivity contribution in [1.82, 2.24) is 4.98 Å². The Morgan fingerprint density at radius 3 is 2.75 bits per heavy atom. The van der Waals surface area contributed by atoms with E-state index < -0.39 is 11.2 Å². The molecule has 0 fully saturated rings. The van der Waals surface area contributed by atoms with Crippen molar-refractivity contribution in [2.24, 2.45) is 5.73 Å². The number of rotatable bonds is 1. The van der Waals surface area contributed by atoms with Crippen LogP contribution in [0, 0.1) is 0 Å². The van der Waals surface area contributed by atoms with Gasteiger partial charge in [0.05, 0.1) is 7.85 Å². The molecule has 2 aromatic rings. The van der Waals surface area contributed by atoms with Gasteiger partial charge in [0.25, 0.3) is 0 Å². The van der Waals surface area contributed by atoms with E-state index in [0.717, 1.165) is 23.8 Å². The molecule has 0 saturated heterocycles.